The summed E-state index contributed by atoms with van der Waals surface area (Å²) in [6, 6.07) is 7.93. The normalized spacial score (nSPS) is 12.2. The van der Waals surface area contributed by atoms with Gasteiger partial charge in [-0.1, -0.05) is 23.9 Å². The summed E-state index contributed by atoms with van der Waals surface area (Å²) in [5.74, 6) is 1.64. The second-order valence-corrected chi connectivity index (χ2v) is 8.32. The summed E-state index contributed by atoms with van der Waals surface area (Å²) < 4.78 is 13.1. The van der Waals surface area contributed by atoms with Crippen LogP contribution in [0.2, 0.25) is 0 Å². The highest BCUT2D eigenvalue weighted by atomic mass is 32.2. The van der Waals surface area contributed by atoms with Crippen LogP contribution in [-0.2, 0) is 11.4 Å². The Morgan fingerprint density at radius 1 is 1.24 bits per heavy atom. The van der Waals surface area contributed by atoms with Crippen LogP contribution < -0.4 is 10.1 Å². The molecule has 1 amide bonds. The maximum Gasteiger partial charge on any atom is 0.277 e. The van der Waals surface area contributed by atoms with Crippen LogP contribution in [0.5, 0.6) is 5.75 Å². The third-order valence-electron chi connectivity index (χ3n) is 4.20. The molecule has 0 aliphatic carbocycles. The Labute approximate surface area is 174 Å². The van der Waals surface area contributed by atoms with Gasteiger partial charge in [-0.05, 0) is 51.8 Å². The minimum atomic E-state index is -0.418. The van der Waals surface area contributed by atoms with E-state index >= 15 is 0 Å². The fourth-order valence-corrected chi connectivity index (χ4v) is 3.30. The van der Waals surface area contributed by atoms with Gasteiger partial charge in [-0.25, -0.2) is 4.68 Å². The second-order valence-electron chi connectivity index (χ2n) is 7.02. The Balaban J connectivity index is 1.55. The van der Waals surface area contributed by atoms with Crippen molar-refractivity contribution in [3.8, 4) is 5.75 Å². The summed E-state index contributed by atoms with van der Waals surface area (Å²) in [6.45, 7) is 9.95. The quantitative estimate of drug-likeness (QED) is 0.552. The third kappa shape index (κ3) is 5.38. The molecule has 8 nitrogen and oxygen atoms in total. The van der Waals surface area contributed by atoms with Crippen LogP contribution in [-0.4, -0.2) is 31.1 Å². The molecule has 0 saturated carbocycles. The molecule has 0 bridgehead atoms. The van der Waals surface area contributed by atoms with Gasteiger partial charge in [-0.2, -0.15) is 5.10 Å². The Hall–Kier alpha value is -2.81. The molecule has 0 aliphatic rings. The number of rotatable bonds is 8. The first-order chi connectivity index (χ1) is 13.8. The molecule has 1 N–H and O–H groups in total. The molecule has 1 aromatic carbocycles. The van der Waals surface area contributed by atoms with Gasteiger partial charge in [-0.3, -0.25) is 4.79 Å². The SMILES string of the molecule is Cc1ccc(C)c(OCc2nnc(SC(C)C(=O)Nc3ccnn3C(C)C)o2)c1. The molecule has 2 aromatic heterocycles. The van der Waals surface area contributed by atoms with Crippen LogP contribution >= 0.6 is 11.8 Å². The highest BCUT2D eigenvalue weighted by Gasteiger charge is 2.20. The number of thioether (sulfide) groups is 1. The van der Waals surface area contributed by atoms with Crippen molar-refractivity contribution >= 4 is 23.5 Å². The number of nitrogens with one attached hydrogen (secondary N) is 1. The zero-order valence-electron chi connectivity index (χ0n) is 17.2. The summed E-state index contributed by atoms with van der Waals surface area (Å²) in [5, 5.41) is 15.0. The Bertz CT molecular complexity index is 982. The van der Waals surface area contributed by atoms with Crippen LogP contribution in [0, 0.1) is 13.8 Å². The Morgan fingerprint density at radius 3 is 2.79 bits per heavy atom. The summed E-state index contributed by atoms with van der Waals surface area (Å²) in [5.41, 5.74) is 2.15. The molecule has 1 unspecified atom stereocenters. The van der Waals surface area contributed by atoms with Gasteiger partial charge in [0.25, 0.3) is 11.1 Å². The molecule has 2 heterocycles. The van der Waals surface area contributed by atoms with Crippen molar-refractivity contribution in [2.24, 2.45) is 0 Å². The smallest absolute Gasteiger partial charge is 0.277 e. The molecule has 154 valence electrons. The number of benzene rings is 1. The van der Waals surface area contributed by atoms with Gasteiger partial charge in [0.2, 0.25) is 5.91 Å². The predicted molar refractivity (Wildman–Crippen MR) is 111 cm³/mol. The predicted octanol–water partition coefficient (Wildman–Crippen LogP) is 4.16. The van der Waals surface area contributed by atoms with E-state index in [2.05, 4.69) is 20.6 Å². The number of hydrogen-bond donors (Lipinski definition) is 1. The van der Waals surface area contributed by atoms with Gasteiger partial charge in [0.1, 0.15) is 11.6 Å². The fourth-order valence-electron chi connectivity index (χ4n) is 2.60. The van der Waals surface area contributed by atoms with E-state index in [4.69, 9.17) is 9.15 Å². The van der Waals surface area contributed by atoms with Crippen LogP contribution in [0.25, 0.3) is 0 Å². The number of carbonyl (C=O) groups is 1. The highest BCUT2D eigenvalue weighted by Crippen LogP contribution is 2.25. The van der Waals surface area contributed by atoms with Crippen molar-refractivity contribution < 1.29 is 13.9 Å². The Morgan fingerprint density at radius 2 is 2.03 bits per heavy atom. The minimum Gasteiger partial charge on any atom is -0.484 e. The first-order valence-corrected chi connectivity index (χ1v) is 10.2. The average Bonchev–Trinajstić information content (AvgIpc) is 3.31. The van der Waals surface area contributed by atoms with E-state index in [1.54, 1.807) is 23.9 Å². The number of ether oxygens (including phenoxy) is 1. The van der Waals surface area contributed by atoms with E-state index in [0.29, 0.717) is 16.9 Å². The molecular formula is C20H25N5O3S. The first kappa shape index (κ1) is 20.9. The van der Waals surface area contributed by atoms with E-state index in [1.165, 1.54) is 11.8 Å². The number of anilines is 1. The average molecular weight is 416 g/mol. The summed E-state index contributed by atoms with van der Waals surface area (Å²) in [4.78, 5) is 12.5. The van der Waals surface area contributed by atoms with E-state index < -0.39 is 5.25 Å². The molecule has 9 heteroatoms. The van der Waals surface area contributed by atoms with Crippen LogP contribution in [0.15, 0.2) is 40.1 Å². The number of aryl methyl sites for hydroxylation is 2. The topological polar surface area (TPSA) is 95.1 Å². The van der Waals surface area contributed by atoms with E-state index in [-0.39, 0.29) is 18.6 Å². The number of hydrogen-bond acceptors (Lipinski definition) is 7. The first-order valence-electron chi connectivity index (χ1n) is 9.37. The zero-order valence-corrected chi connectivity index (χ0v) is 18.0. The van der Waals surface area contributed by atoms with Crippen molar-refractivity contribution in [3.05, 3.63) is 47.5 Å². The van der Waals surface area contributed by atoms with Gasteiger partial charge in [0.15, 0.2) is 6.61 Å². The molecule has 0 radical (unpaired) electrons. The Kier molecular flexibility index (Phi) is 6.58. The molecule has 29 heavy (non-hydrogen) atoms. The van der Waals surface area contributed by atoms with E-state index in [9.17, 15) is 4.79 Å². The standard InChI is InChI=1S/C20H25N5O3S/c1-12(2)25-17(8-9-21-25)22-19(26)15(5)29-20-24-23-18(28-20)11-27-16-10-13(3)6-7-14(16)4/h6-10,12,15H,11H2,1-5H3,(H,22,26). The molecule has 3 aromatic rings. The molecule has 0 fully saturated rings. The maximum absolute atomic E-state index is 12.5. The molecule has 0 saturated heterocycles. The largest absolute Gasteiger partial charge is 0.484 e. The lowest BCUT2D eigenvalue weighted by Crippen LogP contribution is -2.24. The summed E-state index contributed by atoms with van der Waals surface area (Å²) in [6.07, 6.45) is 1.66. The van der Waals surface area contributed by atoms with Gasteiger partial charge in [0, 0.05) is 12.1 Å². The molecule has 3 rings (SSSR count). The van der Waals surface area contributed by atoms with Crippen LogP contribution in [0.4, 0.5) is 5.82 Å². The van der Waals surface area contributed by atoms with E-state index in [1.807, 2.05) is 45.9 Å². The van der Waals surface area contributed by atoms with Gasteiger partial charge < -0.3 is 14.5 Å². The zero-order chi connectivity index (χ0) is 21.0. The van der Waals surface area contributed by atoms with Crippen molar-refractivity contribution in [1.82, 2.24) is 20.0 Å². The van der Waals surface area contributed by atoms with Crippen molar-refractivity contribution in [2.45, 2.75) is 57.7 Å². The van der Waals surface area contributed by atoms with Crippen molar-refractivity contribution in [3.63, 3.8) is 0 Å². The lowest BCUT2D eigenvalue weighted by Gasteiger charge is -2.13. The van der Waals surface area contributed by atoms with Crippen molar-refractivity contribution in [1.29, 1.82) is 0 Å². The van der Waals surface area contributed by atoms with Crippen molar-refractivity contribution in [2.75, 3.05) is 5.32 Å². The lowest BCUT2D eigenvalue weighted by atomic mass is 10.1. The molecule has 1 atom stereocenters. The van der Waals surface area contributed by atoms with Gasteiger partial charge in [-0.15, -0.1) is 10.2 Å². The molecular weight excluding hydrogens is 390 g/mol. The summed E-state index contributed by atoms with van der Waals surface area (Å²) >= 11 is 1.20. The van der Waals surface area contributed by atoms with Gasteiger partial charge in [0.05, 0.1) is 11.4 Å². The second kappa shape index (κ2) is 9.13. The number of nitrogens with zero attached hydrogens (tertiary/aromatic N) is 4. The fraction of sp³-hybridized carbons (Fsp3) is 0.400. The minimum absolute atomic E-state index is 0.152. The number of amides is 1. The molecule has 0 aliphatic heterocycles. The number of carbonyl (C=O) groups excluding carboxylic acids is 1. The third-order valence-corrected chi connectivity index (χ3v) is 5.13. The lowest BCUT2D eigenvalue weighted by molar-refractivity contribution is -0.115. The van der Waals surface area contributed by atoms with Crippen LogP contribution in [0.1, 0.15) is 43.8 Å². The molecule has 0 spiro atoms. The summed E-state index contributed by atoms with van der Waals surface area (Å²) in [7, 11) is 0. The highest BCUT2D eigenvalue weighted by molar-refractivity contribution is 8.00. The number of aromatic nitrogens is 4. The monoisotopic (exact) mass is 415 g/mol. The van der Waals surface area contributed by atoms with E-state index in [0.717, 1.165) is 16.9 Å². The maximum atomic E-state index is 12.5. The van der Waals surface area contributed by atoms with Crippen LogP contribution in [0.3, 0.4) is 0 Å². The van der Waals surface area contributed by atoms with Gasteiger partial charge >= 0.3 is 0 Å².